The summed E-state index contributed by atoms with van der Waals surface area (Å²) in [5.74, 6) is -0.246. The van der Waals surface area contributed by atoms with Gasteiger partial charge in [-0.15, -0.1) is 0 Å². The summed E-state index contributed by atoms with van der Waals surface area (Å²) in [6.45, 7) is 4.14. The molecule has 0 radical (unpaired) electrons. The van der Waals surface area contributed by atoms with Gasteiger partial charge in [0.1, 0.15) is 0 Å². The zero-order valence-electron chi connectivity index (χ0n) is 13.9. The summed E-state index contributed by atoms with van der Waals surface area (Å²) in [5, 5.41) is 8.72. The molecule has 0 fully saturated rings. The molecule has 0 aliphatic heterocycles. The fourth-order valence-electron chi connectivity index (χ4n) is 2.08. The summed E-state index contributed by atoms with van der Waals surface area (Å²) in [6, 6.07) is 12.2. The fourth-order valence-corrected chi connectivity index (χ4v) is 2.65. The normalized spacial score (nSPS) is 10.4. The Morgan fingerprint density at radius 2 is 1.80 bits per heavy atom. The highest BCUT2D eigenvalue weighted by molar-refractivity contribution is 9.10. The number of hydrogen-bond donors (Lipinski definition) is 3. The Morgan fingerprint density at radius 1 is 1.12 bits per heavy atom. The van der Waals surface area contributed by atoms with Crippen LogP contribution in [0.3, 0.4) is 0 Å². The number of halogens is 2. The SMILES string of the molecule is CC(C)NC(=O)Nc1ccc(CNC(=O)c2cc(Br)ccc2Cl)cc1. The van der Waals surface area contributed by atoms with Crippen LogP contribution in [0, 0.1) is 0 Å². The fraction of sp³-hybridized carbons (Fsp3) is 0.222. The molecule has 0 heterocycles. The van der Waals surface area contributed by atoms with Crippen molar-refractivity contribution in [2.24, 2.45) is 0 Å². The predicted octanol–water partition coefficient (Wildman–Crippen LogP) is 4.56. The third-order valence-electron chi connectivity index (χ3n) is 3.26. The minimum absolute atomic E-state index is 0.0688. The van der Waals surface area contributed by atoms with Gasteiger partial charge < -0.3 is 16.0 Å². The van der Waals surface area contributed by atoms with Gasteiger partial charge in [-0.2, -0.15) is 0 Å². The maximum absolute atomic E-state index is 12.2. The van der Waals surface area contributed by atoms with Crippen LogP contribution in [0.25, 0.3) is 0 Å². The van der Waals surface area contributed by atoms with Gasteiger partial charge in [0.05, 0.1) is 10.6 Å². The molecular weight excluding hydrogens is 406 g/mol. The van der Waals surface area contributed by atoms with E-state index >= 15 is 0 Å². The van der Waals surface area contributed by atoms with Gasteiger partial charge in [-0.05, 0) is 49.7 Å². The Balaban J connectivity index is 1.92. The molecule has 3 N–H and O–H groups in total. The van der Waals surface area contributed by atoms with Crippen LogP contribution in [0.2, 0.25) is 5.02 Å². The largest absolute Gasteiger partial charge is 0.348 e. The molecule has 2 aromatic carbocycles. The second-order valence-electron chi connectivity index (χ2n) is 5.76. The van der Waals surface area contributed by atoms with E-state index in [0.717, 1.165) is 10.0 Å². The van der Waals surface area contributed by atoms with Gasteiger partial charge in [-0.25, -0.2) is 4.79 Å². The average molecular weight is 425 g/mol. The Hall–Kier alpha value is -2.05. The molecule has 132 valence electrons. The first-order chi connectivity index (χ1) is 11.8. The van der Waals surface area contributed by atoms with Gasteiger partial charge in [0.15, 0.2) is 0 Å². The van der Waals surface area contributed by atoms with E-state index in [0.29, 0.717) is 22.8 Å². The maximum atomic E-state index is 12.2. The summed E-state index contributed by atoms with van der Waals surface area (Å²) in [5.41, 5.74) is 2.01. The number of hydrogen-bond acceptors (Lipinski definition) is 2. The number of amides is 3. The molecular formula is C18H19BrClN3O2. The number of anilines is 1. The molecule has 0 saturated carbocycles. The molecule has 7 heteroatoms. The first kappa shape index (κ1) is 19.3. The van der Waals surface area contributed by atoms with Crippen molar-refractivity contribution < 1.29 is 9.59 Å². The topological polar surface area (TPSA) is 70.2 Å². The smallest absolute Gasteiger partial charge is 0.319 e. The van der Waals surface area contributed by atoms with Crippen molar-refractivity contribution in [1.29, 1.82) is 0 Å². The molecule has 0 aliphatic carbocycles. The lowest BCUT2D eigenvalue weighted by molar-refractivity contribution is 0.0951. The van der Waals surface area contributed by atoms with E-state index in [1.807, 2.05) is 26.0 Å². The van der Waals surface area contributed by atoms with Crippen molar-refractivity contribution in [2.45, 2.75) is 26.4 Å². The Labute approximate surface area is 160 Å². The molecule has 0 bridgehead atoms. The number of carbonyl (C=O) groups excluding carboxylic acids is 2. The van der Waals surface area contributed by atoms with Crippen LogP contribution in [-0.2, 0) is 6.54 Å². The van der Waals surface area contributed by atoms with Crippen molar-refractivity contribution >= 4 is 45.2 Å². The summed E-state index contributed by atoms with van der Waals surface area (Å²) >= 11 is 9.37. The van der Waals surface area contributed by atoms with Crippen molar-refractivity contribution in [3.63, 3.8) is 0 Å². The molecule has 0 unspecified atom stereocenters. The van der Waals surface area contributed by atoms with Crippen molar-refractivity contribution in [3.8, 4) is 0 Å². The minimum Gasteiger partial charge on any atom is -0.348 e. The van der Waals surface area contributed by atoms with Crippen LogP contribution in [0.5, 0.6) is 0 Å². The quantitative estimate of drug-likeness (QED) is 0.658. The lowest BCUT2D eigenvalue weighted by Crippen LogP contribution is -2.34. The Kier molecular flexibility index (Phi) is 6.84. The summed E-state index contributed by atoms with van der Waals surface area (Å²) in [6.07, 6.45) is 0. The second kappa shape index (κ2) is 8.87. The molecule has 0 aliphatic rings. The monoisotopic (exact) mass is 423 g/mol. The molecule has 3 amide bonds. The minimum atomic E-state index is -0.250. The number of nitrogens with one attached hydrogen (secondary N) is 3. The number of carbonyl (C=O) groups is 2. The van der Waals surface area contributed by atoms with Crippen molar-refractivity contribution in [1.82, 2.24) is 10.6 Å². The van der Waals surface area contributed by atoms with Crippen LogP contribution < -0.4 is 16.0 Å². The Morgan fingerprint density at radius 3 is 2.44 bits per heavy atom. The highest BCUT2D eigenvalue weighted by Gasteiger charge is 2.10. The molecule has 5 nitrogen and oxygen atoms in total. The van der Waals surface area contributed by atoms with E-state index in [1.54, 1.807) is 30.3 Å². The standard InChI is InChI=1S/C18H19BrClN3O2/c1-11(2)22-18(25)23-14-6-3-12(4-7-14)10-21-17(24)15-9-13(19)5-8-16(15)20/h3-9,11H,10H2,1-2H3,(H,21,24)(H2,22,23,25). The zero-order valence-corrected chi connectivity index (χ0v) is 16.2. The molecule has 0 spiro atoms. The van der Waals surface area contributed by atoms with E-state index in [4.69, 9.17) is 11.6 Å². The lowest BCUT2D eigenvalue weighted by Gasteiger charge is -2.11. The molecule has 0 saturated heterocycles. The van der Waals surface area contributed by atoms with Crippen molar-refractivity contribution in [2.75, 3.05) is 5.32 Å². The van der Waals surface area contributed by atoms with E-state index in [2.05, 4.69) is 31.9 Å². The van der Waals surface area contributed by atoms with Crippen LogP contribution in [0.15, 0.2) is 46.9 Å². The first-order valence-electron chi connectivity index (χ1n) is 7.75. The van der Waals surface area contributed by atoms with Gasteiger partial charge in [-0.1, -0.05) is 39.7 Å². The summed E-state index contributed by atoms with van der Waals surface area (Å²) < 4.78 is 0.789. The number of benzene rings is 2. The van der Waals surface area contributed by atoms with Crippen molar-refractivity contribution in [3.05, 3.63) is 63.1 Å². The number of urea groups is 1. The second-order valence-corrected chi connectivity index (χ2v) is 7.08. The van der Waals surface area contributed by atoms with Gasteiger partial charge in [0.25, 0.3) is 5.91 Å². The maximum Gasteiger partial charge on any atom is 0.319 e. The molecule has 0 atom stereocenters. The first-order valence-corrected chi connectivity index (χ1v) is 8.92. The molecule has 0 aromatic heterocycles. The summed E-state index contributed by atoms with van der Waals surface area (Å²) in [4.78, 5) is 23.9. The van der Waals surface area contributed by atoms with Gasteiger partial charge in [0.2, 0.25) is 0 Å². The molecule has 2 rings (SSSR count). The highest BCUT2D eigenvalue weighted by atomic mass is 79.9. The summed E-state index contributed by atoms with van der Waals surface area (Å²) in [7, 11) is 0. The van der Waals surface area contributed by atoms with Crippen LogP contribution in [0.1, 0.15) is 29.8 Å². The predicted molar refractivity (Wildman–Crippen MR) is 104 cm³/mol. The van der Waals surface area contributed by atoms with Crippen LogP contribution >= 0.6 is 27.5 Å². The lowest BCUT2D eigenvalue weighted by atomic mass is 10.2. The Bertz CT molecular complexity index is 763. The van der Waals surface area contributed by atoms with Crippen LogP contribution in [0.4, 0.5) is 10.5 Å². The van der Waals surface area contributed by atoms with E-state index in [-0.39, 0.29) is 18.0 Å². The number of rotatable bonds is 5. The van der Waals surface area contributed by atoms with E-state index in [9.17, 15) is 9.59 Å². The third kappa shape index (κ3) is 6.07. The zero-order chi connectivity index (χ0) is 18.4. The van der Waals surface area contributed by atoms with Gasteiger partial charge in [-0.3, -0.25) is 4.79 Å². The third-order valence-corrected chi connectivity index (χ3v) is 4.08. The molecule has 25 heavy (non-hydrogen) atoms. The van der Waals surface area contributed by atoms with E-state index < -0.39 is 0 Å². The van der Waals surface area contributed by atoms with Gasteiger partial charge in [0, 0.05) is 22.7 Å². The molecule has 2 aromatic rings. The highest BCUT2D eigenvalue weighted by Crippen LogP contribution is 2.21. The van der Waals surface area contributed by atoms with E-state index in [1.165, 1.54) is 0 Å². The average Bonchev–Trinajstić information content (AvgIpc) is 2.55. The van der Waals surface area contributed by atoms with Crippen LogP contribution in [-0.4, -0.2) is 18.0 Å². The van der Waals surface area contributed by atoms with Gasteiger partial charge >= 0.3 is 6.03 Å².